The van der Waals surface area contributed by atoms with Crippen molar-refractivity contribution >= 4 is 23.0 Å². The van der Waals surface area contributed by atoms with Gasteiger partial charge in [-0.15, -0.1) is 5.11 Å². The maximum Gasteiger partial charge on any atom is 0.338 e. The molecule has 0 aliphatic carbocycles. The van der Waals surface area contributed by atoms with E-state index < -0.39 is 10.9 Å². The highest BCUT2D eigenvalue weighted by Crippen LogP contribution is 2.28. The number of nitro benzene ring substituents is 1. The second-order valence-corrected chi connectivity index (χ2v) is 4.61. The number of hydrogen-bond acceptors (Lipinski definition) is 6. The second kappa shape index (κ2) is 7.08. The summed E-state index contributed by atoms with van der Waals surface area (Å²) in [6.07, 6.45) is 0. The van der Waals surface area contributed by atoms with E-state index >= 15 is 0 Å². The van der Waals surface area contributed by atoms with Gasteiger partial charge in [0.25, 0.3) is 5.69 Å². The molecule has 0 unspecified atom stereocenters. The van der Waals surface area contributed by atoms with Gasteiger partial charge in [-0.2, -0.15) is 5.11 Å². The number of para-hydroxylation sites is 1. The van der Waals surface area contributed by atoms with Gasteiger partial charge in [0.2, 0.25) is 0 Å². The Bertz CT molecular complexity index is 782. The summed E-state index contributed by atoms with van der Waals surface area (Å²) in [6.45, 7) is 5.04. The quantitative estimate of drug-likeness (QED) is 0.203. The molecule has 0 amide bonds. The maximum absolute atomic E-state index is 11.4. The summed E-state index contributed by atoms with van der Waals surface area (Å²) in [7, 11) is 0. The van der Waals surface area contributed by atoms with E-state index in [9.17, 15) is 14.9 Å². The van der Waals surface area contributed by atoms with Crippen molar-refractivity contribution < 1.29 is 14.5 Å². The van der Waals surface area contributed by atoms with Crippen molar-refractivity contribution in [3.8, 4) is 5.75 Å². The molecule has 0 radical (unpaired) electrons. The number of hydrogen-bond donors (Lipinski definition) is 0. The van der Waals surface area contributed by atoms with Gasteiger partial charge in [-0.1, -0.05) is 18.7 Å². The van der Waals surface area contributed by atoms with Crippen LogP contribution < -0.4 is 4.74 Å². The topological polar surface area (TPSA) is 94.2 Å². The number of benzene rings is 2. The largest absolute Gasteiger partial charge is 0.423 e. The van der Waals surface area contributed by atoms with Crippen molar-refractivity contribution in [3.05, 3.63) is 70.8 Å². The van der Waals surface area contributed by atoms with E-state index in [-0.39, 0.29) is 11.4 Å². The van der Waals surface area contributed by atoms with Crippen LogP contribution in [0.4, 0.5) is 17.1 Å². The first-order chi connectivity index (χ1) is 11.0. The van der Waals surface area contributed by atoms with E-state index in [0.717, 1.165) is 0 Å². The molecule has 2 rings (SSSR count). The Morgan fingerprint density at radius 3 is 2.39 bits per heavy atom. The number of carbonyl (C=O) groups is 1. The lowest BCUT2D eigenvalue weighted by atomic mass is 10.3. The molecule has 7 heteroatoms. The zero-order valence-corrected chi connectivity index (χ0v) is 12.3. The molecule has 0 heterocycles. The van der Waals surface area contributed by atoms with Crippen molar-refractivity contribution in [3.63, 3.8) is 0 Å². The third-order valence-corrected chi connectivity index (χ3v) is 2.75. The Hall–Kier alpha value is -3.35. The van der Waals surface area contributed by atoms with Gasteiger partial charge in [-0.05, 0) is 37.3 Å². The van der Waals surface area contributed by atoms with Crippen LogP contribution in [0, 0.1) is 10.1 Å². The van der Waals surface area contributed by atoms with Gasteiger partial charge >= 0.3 is 5.97 Å². The number of ether oxygens (including phenoxy) is 1. The molecule has 0 saturated carbocycles. The van der Waals surface area contributed by atoms with Crippen LogP contribution in [0.3, 0.4) is 0 Å². The van der Waals surface area contributed by atoms with Gasteiger partial charge in [-0.25, -0.2) is 4.79 Å². The van der Waals surface area contributed by atoms with Gasteiger partial charge in [0.05, 0.1) is 10.6 Å². The van der Waals surface area contributed by atoms with E-state index in [1.165, 1.54) is 12.1 Å². The summed E-state index contributed by atoms with van der Waals surface area (Å²) >= 11 is 0. The number of nitro groups is 1. The van der Waals surface area contributed by atoms with E-state index in [2.05, 4.69) is 16.8 Å². The van der Waals surface area contributed by atoms with Crippen LogP contribution in [-0.4, -0.2) is 10.9 Å². The van der Waals surface area contributed by atoms with Crippen LogP contribution in [0.5, 0.6) is 5.75 Å². The first kappa shape index (κ1) is 16.0. The van der Waals surface area contributed by atoms with Gasteiger partial charge in [-0.3, -0.25) is 10.1 Å². The van der Waals surface area contributed by atoms with Crippen LogP contribution in [0.25, 0.3) is 0 Å². The predicted octanol–water partition coefficient (Wildman–Crippen LogP) is 4.49. The SMILES string of the molecule is C=C(C)C(=O)Oc1ccc(N=Nc2ccccc2[N+](=O)[O-])cc1. The normalized spacial score (nSPS) is 10.5. The average Bonchev–Trinajstić information content (AvgIpc) is 2.54. The molecule has 0 saturated heterocycles. The average molecular weight is 311 g/mol. The molecular weight excluding hydrogens is 298 g/mol. The lowest BCUT2D eigenvalue weighted by Gasteiger charge is -2.03. The van der Waals surface area contributed by atoms with E-state index in [1.54, 1.807) is 43.3 Å². The van der Waals surface area contributed by atoms with Crippen LogP contribution in [0.1, 0.15) is 6.92 Å². The van der Waals surface area contributed by atoms with Gasteiger partial charge in [0.1, 0.15) is 5.75 Å². The molecule has 0 atom stereocenters. The second-order valence-electron chi connectivity index (χ2n) is 4.61. The highest BCUT2D eigenvalue weighted by atomic mass is 16.6. The zero-order chi connectivity index (χ0) is 16.8. The van der Waals surface area contributed by atoms with Crippen molar-refractivity contribution in [1.29, 1.82) is 0 Å². The molecule has 2 aromatic rings. The summed E-state index contributed by atoms with van der Waals surface area (Å²) in [5.74, 6) is -0.165. The van der Waals surface area contributed by atoms with E-state index in [4.69, 9.17) is 4.74 Å². The number of carbonyl (C=O) groups excluding carboxylic acids is 1. The predicted molar refractivity (Wildman–Crippen MR) is 84.2 cm³/mol. The monoisotopic (exact) mass is 311 g/mol. The Morgan fingerprint density at radius 1 is 1.13 bits per heavy atom. The fourth-order valence-electron chi connectivity index (χ4n) is 1.59. The lowest BCUT2D eigenvalue weighted by molar-refractivity contribution is -0.384. The number of nitrogens with zero attached hydrogens (tertiary/aromatic N) is 3. The van der Waals surface area contributed by atoms with Crippen molar-refractivity contribution in [1.82, 2.24) is 0 Å². The fraction of sp³-hybridized carbons (Fsp3) is 0.0625. The molecule has 0 fully saturated rings. The van der Waals surface area contributed by atoms with Crippen LogP contribution >= 0.6 is 0 Å². The smallest absolute Gasteiger partial charge is 0.338 e. The Kier molecular flexibility index (Phi) is 4.93. The third kappa shape index (κ3) is 4.31. The maximum atomic E-state index is 11.4. The number of rotatable bonds is 5. The standard InChI is InChI=1S/C16H13N3O4/c1-11(2)16(20)23-13-9-7-12(8-10-13)17-18-14-5-3-4-6-15(14)19(21)22/h3-10H,1H2,2H3. The van der Waals surface area contributed by atoms with Gasteiger partial charge in [0, 0.05) is 11.6 Å². The van der Waals surface area contributed by atoms with Crippen molar-refractivity contribution in [2.24, 2.45) is 10.2 Å². The molecule has 0 aromatic heterocycles. The van der Waals surface area contributed by atoms with Crippen LogP contribution in [-0.2, 0) is 4.79 Å². The van der Waals surface area contributed by atoms with Crippen molar-refractivity contribution in [2.75, 3.05) is 0 Å². The minimum Gasteiger partial charge on any atom is -0.423 e. The van der Waals surface area contributed by atoms with Crippen molar-refractivity contribution in [2.45, 2.75) is 6.92 Å². The van der Waals surface area contributed by atoms with E-state index in [1.807, 2.05) is 0 Å². The molecule has 0 aliphatic heterocycles. The van der Waals surface area contributed by atoms with Gasteiger partial charge in [0.15, 0.2) is 5.69 Å². The first-order valence-electron chi connectivity index (χ1n) is 6.60. The van der Waals surface area contributed by atoms with Crippen LogP contribution in [0.15, 0.2) is 70.9 Å². The Balaban J connectivity index is 2.14. The molecule has 116 valence electrons. The zero-order valence-electron chi connectivity index (χ0n) is 12.3. The first-order valence-corrected chi connectivity index (χ1v) is 6.60. The molecule has 0 spiro atoms. The molecule has 2 aromatic carbocycles. The summed E-state index contributed by atoms with van der Waals surface area (Å²) in [5.41, 5.74) is 0.807. The highest BCUT2D eigenvalue weighted by molar-refractivity contribution is 5.88. The molecule has 7 nitrogen and oxygen atoms in total. The summed E-state index contributed by atoms with van der Waals surface area (Å²) < 4.78 is 5.04. The highest BCUT2D eigenvalue weighted by Gasteiger charge is 2.11. The fourth-order valence-corrected chi connectivity index (χ4v) is 1.59. The lowest BCUT2D eigenvalue weighted by Crippen LogP contribution is -2.07. The summed E-state index contributed by atoms with van der Waals surface area (Å²) in [4.78, 5) is 21.7. The molecular formula is C16H13N3O4. The summed E-state index contributed by atoms with van der Waals surface area (Å²) in [6, 6.07) is 12.3. The number of azo groups is 1. The minimum atomic E-state index is -0.519. The molecule has 23 heavy (non-hydrogen) atoms. The molecule has 0 N–H and O–H groups in total. The molecule has 0 aliphatic rings. The Morgan fingerprint density at radius 2 is 1.78 bits per heavy atom. The van der Waals surface area contributed by atoms with Crippen LogP contribution in [0.2, 0.25) is 0 Å². The number of esters is 1. The molecule has 0 bridgehead atoms. The third-order valence-electron chi connectivity index (χ3n) is 2.75. The summed E-state index contributed by atoms with van der Waals surface area (Å²) in [5, 5.41) is 18.7. The minimum absolute atomic E-state index is 0.122. The Labute approximate surface area is 132 Å². The van der Waals surface area contributed by atoms with Gasteiger partial charge < -0.3 is 4.74 Å². The van der Waals surface area contributed by atoms with E-state index in [0.29, 0.717) is 17.0 Å².